The number of rotatable bonds is 4. The normalized spacial score (nSPS) is 11.2. The van der Waals surface area contributed by atoms with Crippen LogP contribution in [0.15, 0.2) is 0 Å². The Labute approximate surface area is 96.9 Å². The van der Waals surface area contributed by atoms with Crippen LogP contribution in [-0.2, 0) is 9.53 Å². The van der Waals surface area contributed by atoms with Crippen molar-refractivity contribution in [2.45, 2.75) is 26.1 Å². The zero-order valence-electron chi connectivity index (χ0n) is 9.80. The molecular weight excluding hydrogens is 241 g/mol. The summed E-state index contributed by atoms with van der Waals surface area (Å²) < 4.78 is 39.2. The molecule has 8 heteroatoms. The molecule has 0 aliphatic carbocycles. The first-order valence-electron chi connectivity index (χ1n) is 4.86. The van der Waals surface area contributed by atoms with Gasteiger partial charge in [0, 0.05) is 13.1 Å². The van der Waals surface area contributed by atoms with Crippen molar-refractivity contribution in [1.82, 2.24) is 10.2 Å². The predicted octanol–water partition coefficient (Wildman–Crippen LogP) is 1.14. The van der Waals surface area contributed by atoms with Crippen molar-refractivity contribution in [3.05, 3.63) is 0 Å². The van der Waals surface area contributed by atoms with Crippen molar-refractivity contribution in [3.8, 4) is 0 Å². The molecule has 0 atom stereocenters. The Morgan fingerprint density at radius 3 is 2.29 bits per heavy atom. The lowest BCUT2D eigenvalue weighted by Gasteiger charge is -2.18. The van der Waals surface area contributed by atoms with Crippen LogP contribution in [0.2, 0.25) is 0 Å². The quantitative estimate of drug-likeness (QED) is 0.820. The Morgan fingerprint density at radius 2 is 1.88 bits per heavy atom. The van der Waals surface area contributed by atoms with Gasteiger partial charge in [-0.1, -0.05) is 0 Å². The van der Waals surface area contributed by atoms with Crippen LogP contribution >= 0.6 is 0 Å². The summed E-state index contributed by atoms with van der Waals surface area (Å²) in [6.07, 6.45) is -5.77. The highest BCUT2D eigenvalue weighted by Gasteiger charge is 2.30. The van der Waals surface area contributed by atoms with Gasteiger partial charge in [0.15, 0.2) is 6.61 Å². The van der Waals surface area contributed by atoms with E-state index in [1.165, 1.54) is 7.05 Å². The Balaban J connectivity index is 4.02. The molecule has 0 aliphatic heterocycles. The van der Waals surface area contributed by atoms with Crippen LogP contribution in [0.4, 0.5) is 18.0 Å². The van der Waals surface area contributed by atoms with Crippen LogP contribution in [0.1, 0.15) is 13.8 Å². The van der Waals surface area contributed by atoms with Crippen molar-refractivity contribution in [2.75, 3.05) is 20.2 Å². The number of alkyl halides is 3. The molecule has 0 aromatic carbocycles. The molecule has 1 N–H and O–H groups in total. The number of nitrogens with zero attached hydrogens (tertiary/aromatic N) is 1. The second-order valence-corrected chi connectivity index (χ2v) is 3.75. The van der Waals surface area contributed by atoms with E-state index in [2.05, 4.69) is 10.1 Å². The average Bonchev–Trinajstić information content (AvgIpc) is 2.11. The summed E-state index contributed by atoms with van der Waals surface area (Å²) in [5, 5.41) is 2.49. The number of halogens is 3. The number of nitrogens with one attached hydrogen (secondary N) is 1. The highest BCUT2D eigenvalue weighted by molar-refractivity contribution is 5.82. The fraction of sp³-hybridized carbons (Fsp3) is 0.778. The van der Waals surface area contributed by atoms with Crippen molar-refractivity contribution < 1.29 is 27.5 Å². The summed E-state index contributed by atoms with van der Waals surface area (Å²) in [6.45, 7) is 1.43. The van der Waals surface area contributed by atoms with Crippen molar-refractivity contribution in [2.24, 2.45) is 0 Å². The monoisotopic (exact) mass is 256 g/mol. The summed E-state index contributed by atoms with van der Waals surface area (Å²) in [4.78, 5) is 23.0. The van der Waals surface area contributed by atoms with Crippen LogP contribution in [0.5, 0.6) is 0 Å². The predicted molar refractivity (Wildman–Crippen MR) is 53.3 cm³/mol. The Kier molecular flexibility index (Phi) is 5.77. The Bertz CT molecular complexity index is 279. The molecule has 0 saturated carbocycles. The smallest absolute Gasteiger partial charge is 0.422 e. The van der Waals surface area contributed by atoms with E-state index in [4.69, 9.17) is 0 Å². The standard InChI is InChI=1S/C9H15F3N2O3/c1-6(2)13-7(15)4-14(3)8(16)17-5-9(10,11)12/h6H,4-5H2,1-3H3,(H,13,15). The number of carbonyl (C=O) groups excluding carboxylic acids is 2. The van der Waals surface area contributed by atoms with Crippen molar-refractivity contribution in [1.29, 1.82) is 0 Å². The molecular formula is C9H15F3N2O3. The molecule has 0 saturated heterocycles. The molecule has 0 radical (unpaired) electrons. The summed E-state index contributed by atoms with van der Waals surface area (Å²) >= 11 is 0. The largest absolute Gasteiger partial charge is 0.440 e. The molecule has 5 nitrogen and oxygen atoms in total. The van der Waals surface area contributed by atoms with Gasteiger partial charge in [-0.3, -0.25) is 4.79 Å². The van der Waals surface area contributed by atoms with Gasteiger partial charge in [0.05, 0.1) is 0 Å². The number of hydrogen-bond donors (Lipinski definition) is 1. The zero-order valence-corrected chi connectivity index (χ0v) is 9.80. The lowest BCUT2D eigenvalue weighted by Crippen LogP contribution is -2.41. The van der Waals surface area contributed by atoms with Crippen LogP contribution in [0.25, 0.3) is 0 Å². The minimum atomic E-state index is -4.57. The molecule has 0 fully saturated rings. The summed E-state index contributed by atoms with van der Waals surface area (Å²) in [7, 11) is 1.18. The van der Waals surface area contributed by atoms with E-state index in [0.29, 0.717) is 0 Å². The molecule has 0 aromatic rings. The van der Waals surface area contributed by atoms with Crippen molar-refractivity contribution >= 4 is 12.0 Å². The lowest BCUT2D eigenvalue weighted by atomic mass is 10.4. The number of hydrogen-bond acceptors (Lipinski definition) is 3. The number of likely N-dealkylation sites (N-methyl/N-ethyl adjacent to an activating group) is 1. The molecule has 0 aromatic heterocycles. The molecule has 0 rings (SSSR count). The molecule has 0 aliphatic rings. The maximum Gasteiger partial charge on any atom is 0.422 e. The Morgan fingerprint density at radius 1 is 1.35 bits per heavy atom. The fourth-order valence-electron chi connectivity index (χ4n) is 0.901. The summed E-state index contributed by atoms with van der Waals surface area (Å²) in [5.74, 6) is -0.466. The summed E-state index contributed by atoms with van der Waals surface area (Å²) in [6, 6.07) is -0.109. The van der Waals surface area contributed by atoms with Crippen LogP contribution in [0.3, 0.4) is 0 Å². The SMILES string of the molecule is CC(C)NC(=O)CN(C)C(=O)OCC(F)(F)F. The number of carbonyl (C=O) groups is 2. The van der Waals surface area contributed by atoms with Crippen molar-refractivity contribution in [3.63, 3.8) is 0 Å². The average molecular weight is 256 g/mol. The van der Waals surface area contributed by atoms with Crippen LogP contribution < -0.4 is 5.32 Å². The summed E-state index contributed by atoms with van der Waals surface area (Å²) in [5.41, 5.74) is 0. The van der Waals surface area contributed by atoms with Gasteiger partial charge in [0.25, 0.3) is 0 Å². The maximum atomic E-state index is 11.7. The van der Waals surface area contributed by atoms with Gasteiger partial charge in [-0.2, -0.15) is 13.2 Å². The molecule has 17 heavy (non-hydrogen) atoms. The second-order valence-electron chi connectivity index (χ2n) is 3.75. The van der Waals surface area contributed by atoms with Gasteiger partial charge in [-0.15, -0.1) is 0 Å². The molecule has 2 amide bonds. The first-order chi connectivity index (χ1) is 7.61. The van der Waals surface area contributed by atoms with Gasteiger partial charge in [-0.25, -0.2) is 4.79 Å². The molecule has 0 heterocycles. The fourth-order valence-corrected chi connectivity index (χ4v) is 0.901. The number of ether oxygens (including phenoxy) is 1. The molecule has 100 valence electrons. The minimum absolute atomic E-state index is 0.109. The first-order valence-corrected chi connectivity index (χ1v) is 4.86. The molecule has 0 unspecified atom stereocenters. The third-order valence-corrected chi connectivity index (χ3v) is 1.50. The van der Waals surface area contributed by atoms with E-state index >= 15 is 0 Å². The second kappa shape index (κ2) is 6.31. The third kappa shape index (κ3) is 8.35. The van der Waals surface area contributed by atoms with Crippen LogP contribution in [-0.4, -0.2) is 49.3 Å². The molecule has 0 bridgehead atoms. The highest BCUT2D eigenvalue weighted by atomic mass is 19.4. The van der Waals surface area contributed by atoms with Gasteiger partial charge in [0.2, 0.25) is 5.91 Å². The van der Waals surface area contributed by atoms with E-state index in [-0.39, 0.29) is 12.6 Å². The highest BCUT2D eigenvalue weighted by Crippen LogP contribution is 2.14. The first kappa shape index (κ1) is 15.5. The van der Waals surface area contributed by atoms with E-state index in [1.807, 2.05) is 0 Å². The van der Waals surface area contributed by atoms with Gasteiger partial charge < -0.3 is 15.0 Å². The van der Waals surface area contributed by atoms with E-state index < -0.39 is 24.8 Å². The van der Waals surface area contributed by atoms with Gasteiger partial charge in [-0.05, 0) is 13.8 Å². The lowest BCUT2D eigenvalue weighted by molar-refractivity contribution is -0.162. The third-order valence-electron chi connectivity index (χ3n) is 1.50. The Hall–Kier alpha value is -1.47. The van der Waals surface area contributed by atoms with E-state index in [9.17, 15) is 22.8 Å². The van der Waals surface area contributed by atoms with Gasteiger partial charge >= 0.3 is 12.3 Å². The van der Waals surface area contributed by atoms with Gasteiger partial charge in [0.1, 0.15) is 6.54 Å². The minimum Gasteiger partial charge on any atom is -0.440 e. The maximum absolute atomic E-state index is 11.7. The topological polar surface area (TPSA) is 58.6 Å². The number of amides is 2. The van der Waals surface area contributed by atoms with E-state index in [1.54, 1.807) is 13.8 Å². The zero-order chi connectivity index (χ0) is 13.6. The molecule has 0 spiro atoms. The van der Waals surface area contributed by atoms with Crippen LogP contribution in [0, 0.1) is 0 Å². The van der Waals surface area contributed by atoms with E-state index in [0.717, 1.165) is 4.90 Å².